The van der Waals surface area contributed by atoms with Gasteiger partial charge in [0.15, 0.2) is 0 Å². The van der Waals surface area contributed by atoms with Gasteiger partial charge in [0.05, 0.1) is 17.2 Å². The molecule has 0 saturated heterocycles. The monoisotopic (exact) mass is 268 g/mol. The van der Waals surface area contributed by atoms with Crippen LogP contribution in [0.5, 0.6) is 0 Å². The molecule has 7 nitrogen and oxygen atoms in total. The molecule has 7 heteroatoms. The van der Waals surface area contributed by atoms with Gasteiger partial charge in [-0.15, -0.1) is 0 Å². The maximum absolute atomic E-state index is 11.5. The molecule has 0 spiro atoms. The van der Waals surface area contributed by atoms with Crippen LogP contribution in [-0.4, -0.2) is 21.7 Å². The summed E-state index contributed by atoms with van der Waals surface area (Å²) in [7, 11) is 0. The van der Waals surface area contributed by atoms with Gasteiger partial charge in [-0.25, -0.2) is 4.79 Å². The summed E-state index contributed by atoms with van der Waals surface area (Å²) in [5.74, 6) is 0. The van der Waals surface area contributed by atoms with Crippen molar-refractivity contribution in [3.05, 3.63) is 33.9 Å². The third-order valence-corrected chi connectivity index (χ3v) is 2.02. The molecule has 0 unspecified atom stereocenters. The van der Waals surface area contributed by atoms with E-state index in [1.54, 1.807) is 20.8 Å². The molecule has 0 heterocycles. The molecule has 19 heavy (non-hydrogen) atoms. The highest BCUT2D eigenvalue weighted by Gasteiger charge is 2.17. The number of benzene rings is 1. The number of amides is 1. The molecule has 1 rings (SSSR count). The number of carbonyl (C=O) groups excluding carboxylic acids is 1. The van der Waals surface area contributed by atoms with Gasteiger partial charge in [-0.1, -0.05) is 0 Å². The number of aliphatic hydroxyl groups excluding tert-OH is 1. The van der Waals surface area contributed by atoms with E-state index in [2.05, 4.69) is 5.32 Å². The highest BCUT2D eigenvalue weighted by Crippen LogP contribution is 2.21. The summed E-state index contributed by atoms with van der Waals surface area (Å²) in [5.41, 5.74) is -0.338. The number of rotatable bonds is 3. The Morgan fingerprint density at radius 1 is 1.42 bits per heavy atom. The zero-order chi connectivity index (χ0) is 14.6. The smallest absolute Gasteiger partial charge is 0.412 e. The molecule has 0 aliphatic rings. The first-order chi connectivity index (χ1) is 8.71. The minimum absolute atomic E-state index is 0.201. The number of aliphatic hydroxyl groups is 1. The van der Waals surface area contributed by atoms with Crippen molar-refractivity contribution in [2.45, 2.75) is 33.0 Å². The van der Waals surface area contributed by atoms with Crippen LogP contribution in [0.15, 0.2) is 18.2 Å². The Morgan fingerprint density at radius 3 is 2.53 bits per heavy atom. The third kappa shape index (κ3) is 4.92. The van der Waals surface area contributed by atoms with Crippen molar-refractivity contribution >= 4 is 17.5 Å². The molecule has 0 saturated carbocycles. The highest BCUT2D eigenvalue weighted by molar-refractivity contribution is 5.85. The average Bonchev–Trinajstić information content (AvgIpc) is 2.25. The number of nitrogens with zero attached hydrogens (tertiary/aromatic N) is 1. The van der Waals surface area contributed by atoms with Gasteiger partial charge in [0.1, 0.15) is 5.60 Å². The van der Waals surface area contributed by atoms with E-state index in [0.717, 1.165) is 0 Å². The summed E-state index contributed by atoms with van der Waals surface area (Å²) in [6.45, 7) is 4.77. The van der Waals surface area contributed by atoms with Gasteiger partial charge in [-0.05, 0) is 32.4 Å². The van der Waals surface area contributed by atoms with Gasteiger partial charge in [0.2, 0.25) is 0 Å². The lowest BCUT2D eigenvalue weighted by atomic mass is 10.2. The molecule has 0 radical (unpaired) electrons. The molecular weight excluding hydrogens is 252 g/mol. The van der Waals surface area contributed by atoms with E-state index in [1.165, 1.54) is 18.2 Å². The van der Waals surface area contributed by atoms with Crippen molar-refractivity contribution in [2.24, 2.45) is 0 Å². The molecule has 104 valence electrons. The summed E-state index contributed by atoms with van der Waals surface area (Å²) >= 11 is 0. The summed E-state index contributed by atoms with van der Waals surface area (Å²) in [5, 5.41) is 22.1. The Morgan fingerprint density at radius 2 is 2.05 bits per heavy atom. The average molecular weight is 268 g/mol. The normalized spacial score (nSPS) is 10.9. The van der Waals surface area contributed by atoms with E-state index in [-0.39, 0.29) is 18.0 Å². The lowest BCUT2D eigenvalue weighted by molar-refractivity contribution is -0.384. The van der Waals surface area contributed by atoms with Gasteiger partial charge in [-0.2, -0.15) is 0 Å². The first-order valence-corrected chi connectivity index (χ1v) is 5.60. The van der Waals surface area contributed by atoms with Crippen LogP contribution >= 0.6 is 0 Å². The minimum atomic E-state index is -0.711. The number of hydrogen-bond donors (Lipinski definition) is 2. The van der Waals surface area contributed by atoms with Crippen LogP contribution < -0.4 is 5.32 Å². The van der Waals surface area contributed by atoms with Crippen LogP contribution in [0.4, 0.5) is 16.2 Å². The number of ether oxygens (including phenoxy) is 1. The van der Waals surface area contributed by atoms with Crippen LogP contribution in [0.2, 0.25) is 0 Å². The first kappa shape index (κ1) is 14.9. The van der Waals surface area contributed by atoms with Crippen molar-refractivity contribution < 1.29 is 19.6 Å². The van der Waals surface area contributed by atoms with E-state index in [1.807, 2.05) is 0 Å². The Labute approximate surface area is 110 Å². The van der Waals surface area contributed by atoms with Crippen molar-refractivity contribution in [3.63, 3.8) is 0 Å². The minimum Gasteiger partial charge on any atom is -0.444 e. The molecule has 1 aromatic carbocycles. The number of non-ortho nitro benzene ring substituents is 1. The first-order valence-electron chi connectivity index (χ1n) is 5.60. The van der Waals surface area contributed by atoms with Crippen molar-refractivity contribution in [1.82, 2.24) is 0 Å². The number of nitro benzene ring substituents is 1. The number of nitro groups is 1. The van der Waals surface area contributed by atoms with Gasteiger partial charge >= 0.3 is 6.09 Å². The van der Waals surface area contributed by atoms with Crippen LogP contribution in [0.1, 0.15) is 26.3 Å². The van der Waals surface area contributed by atoms with Crippen molar-refractivity contribution in [2.75, 3.05) is 5.32 Å². The number of hydrogen-bond acceptors (Lipinski definition) is 5. The van der Waals surface area contributed by atoms with E-state index < -0.39 is 16.6 Å². The Balaban J connectivity index is 2.91. The maximum atomic E-state index is 11.5. The summed E-state index contributed by atoms with van der Waals surface area (Å²) in [6, 6.07) is 3.88. The largest absolute Gasteiger partial charge is 0.444 e. The predicted molar refractivity (Wildman–Crippen MR) is 68.9 cm³/mol. The van der Waals surface area contributed by atoms with Gasteiger partial charge in [0, 0.05) is 12.1 Å². The summed E-state index contributed by atoms with van der Waals surface area (Å²) < 4.78 is 5.03. The lowest BCUT2D eigenvalue weighted by Crippen LogP contribution is -2.27. The number of nitrogens with one attached hydrogen (secondary N) is 1. The predicted octanol–water partition coefficient (Wildman–Crippen LogP) is 2.43. The molecule has 2 N–H and O–H groups in total. The summed E-state index contributed by atoms with van der Waals surface area (Å²) in [4.78, 5) is 21.7. The molecular formula is C12H16N2O5. The summed E-state index contributed by atoms with van der Waals surface area (Å²) in [6.07, 6.45) is -0.711. The second kappa shape index (κ2) is 5.66. The number of anilines is 1. The van der Waals surface area contributed by atoms with Crippen LogP contribution in [0.25, 0.3) is 0 Å². The van der Waals surface area contributed by atoms with Crippen LogP contribution in [0, 0.1) is 10.1 Å². The fraction of sp³-hybridized carbons (Fsp3) is 0.417. The molecule has 0 atom stereocenters. The van der Waals surface area contributed by atoms with E-state index in [0.29, 0.717) is 5.56 Å². The zero-order valence-electron chi connectivity index (χ0n) is 11.0. The maximum Gasteiger partial charge on any atom is 0.412 e. The SMILES string of the molecule is CC(C)(C)OC(=O)Nc1cc(CO)cc([N+](=O)[O-])c1. The lowest BCUT2D eigenvalue weighted by Gasteiger charge is -2.19. The number of carbonyl (C=O) groups is 1. The zero-order valence-corrected chi connectivity index (χ0v) is 11.0. The second-order valence-corrected chi connectivity index (χ2v) is 4.93. The molecule has 0 aliphatic heterocycles. The van der Waals surface area contributed by atoms with Gasteiger partial charge < -0.3 is 9.84 Å². The molecule has 0 aliphatic carbocycles. The third-order valence-electron chi connectivity index (χ3n) is 2.02. The van der Waals surface area contributed by atoms with Crippen LogP contribution in [0.3, 0.4) is 0 Å². The van der Waals surface area contributed by atoms with E-state index in [9.17, 15) is 14.9 Å². The highest BCUT2D eigenvalue weighted by atomic mass is 16.6. The van der Waals surface area contributed by atoms with E-state index >= 15 is 0 Å². The van der Waals surface area contributed by atoms with Gasteiger partial charge in [-0.3, -0.25) is 15.4 Å². The quantitative estimate of drug-likeness (QED) is 0.647. The van der Waals surface area contributed by atoms with Crippen molar-refractivity contribution in [1.29, 1.82) is 0 Å². The molecule has 1 amide bonds. The molecule has 0 bridgehead atoms. The Kier molecular flexibility index (Phi) is 4.44. The molecule has 1 aromatic rings. The standard InChI is InChI=1S/C12H16N2O5/c1-12(2,3)19-11(16)13-9-4-8(7-15)5-10(6-9)14(17)18/h4-6,15H,7H2,1-3H3,(H,13,16). The van der Waals surface area contributed by atoms with Crippen molar-refractivity contribution in [3.8, 4) is 0 Å². The Hall–Kier alpha value is -2.15. The topological polar surface area (TPSA) is 102 Å². The fourth-order valence-electron chi connectivity index (χ4n) is 1.36. The molecule has 0 aromatic heterocycles. The second-order valence-electron chi connectivity index (χ2n) is 4.93. The Bertz CT molecular complexity index is 493. The fourth-order valence-corrected chi connectivity index (χ4v) is 1.36. The molecule has 0 fully saturated rings. The van der Waals surface area contributed by atoms with Gasteiger partial charge in [0.25, 0.3) is 5.69 Å². The van der Waals surface area contributed by atoms with E-state index in [4.69, 9.17) is 9.84 Å². The van der Waals surface area contributed by atoms with Crippen LogP contribution in [-0.2, 0) is 11.3 Å².